The third-order valence-corrected chi connectivity index (χ3v) is 4.80. The highest BCUT2D eigenvalue weighted by Crippen LogP contribution is 2.32. The minimum absolute atomic E-state index is 0.0614. The van der Waals surface area contributed by atoms with Crippen LogP contribution in [0.4, 0.5) is 19.0 Å². The van der Waals surface area contributed by atoms with Gasteiger partial charge >= 0.3 is 6.18 Å². The minimum atomic E-state index is -4.47. The molecule has 0 aliphatic carbocycles. The summed E-state index contributed by atoms with van der Waals surface area (Å²) in [7, 11) is 0. The maximum atomic E-state index is 12.9. The number of rotatable bonds is 10. The zero-order valence-electron chi connectivity index (χ0n) is 18.9. The second kappa shape index (κ2) is 10.9. The smallest absolute Gasteiger partial charge is 0.391 e. The third-order valence-electron chi connectivity index (χ3n) is 4.80. The number of amides is 1. The average molecular weight is 456 g/mol. The molecule has 7 nitrogen and oxygen atoms in total. The SMILES string of the molecule is CCC[C@H](O)[C@H](CNCC(C)(C)C)NC(=O)CNc1ncnc2cc(C(F)(F)F)ccc12. The fraction of sp³-hybridized carbons (Fsp3) is 0.591. The highest BCUT2D eigenvalue weighted by atomic mass is 19.4. The Balaban J connectivity index is 2.03. The number of fused-ring (bicyclic) bond motifs is 1. The van der Waals surface area contributed by atoms with Gasteiger partial charge in [0, 0.05) is 18.5 Å². The average Bonchev–Trinajstić information content (AvgIpc) is 2.69. The standard InChI is InChI=1S/C22H32F3N5O2/c1-5-6-18(31)17(10-26-12-21(2,3)4)30-19(32)11-27-20-15-8-7-14(22(23,24)25)9-16(15)28-13-29-20/h7-9,13,17-18,26,31H,5-6,10-12H2,1-4H3,(H,30,32)(H,27,28,29)/t17-,18-/m0/s1. The monoisotopic (exact) mass is 455 g/mol. The Morgan fingerprint density at radius 2 is 1.91 bits per heavy atom. The van der Waals surface area contributed by atoms with Gasteiger partial charge in [-0.1, -0.05) is 34.1 Å². The Bertz CT molecular complexity index is 899. The largest absolute Gasteiger partial charge is 0.416 e. The molecule has 0 fully saturated rings. The lowest BCUT2D eigenvalue weighted by molar-refractivity contribution is -0.137. The fourth-order valence-electron chi connectivity index (χ4n) is 3.18. The van der Waals surface area contributed by atoms with Crippen LogP contribution in [0.3, 0.4) is 0 Å². The number of halogens is 3. The van der Waals surface area contributed by atoms with Gasteiger partial charge in [0.25, 0.3) is 0 Å². The molecule has 0 saturated heterocycles. The summed E-state index contributed by atoms with van der Waals surface area (Å²) in [5.41, 5.74) is -0.616. The fourth-order valence-corrected chi connectivity index (χ4v) is 3.18. The molecule has 178 valence electrons. The molecule has 1 amide bonds. The molecule has 0 bridgehead atoms. The van der Waals surface area contributed by atoms with Gasteiger partial charge in [0.1, 0.15) is 12.1 Å². The Labute approximate surface area is 186 Å². The van der Waals surface area contributed by atoms with Crippen LogP contribution in [0, 0.1) is 5.41 Å². The van der Waals surface area contributed by atoms with Crippen LogP contribution >= 0.6 is 0 Å². The zero-order valence-corrected chi connectivity index (χ0v) is 18.9. The lowest BCUT2D eigenvalue weighted by atomic mass is 9.96. The molecule has 0 spiro atoms. The van der Waals surface area contributed by atoms with Gasteiger partial charge in [-0.25, -0.2) is 9.97 Å². The summed E-state index contributed by atoms with van der Waals surface area (Å²) in [4.78, 5) is 20.5. The second-order valence-corrected chi connectivity index (χ2v) is 9.03. The lowest BCUT2D eigenvalue weighted by Gasteiger charge is -2.27. The van der Waals surface area contributed by atoms with E-state index in [9.17, 15) is 23.1 Å². The molecule has 0 unspecified atom stereocenters. The van der Waals surface area contributed by atoms with Gasteiger partial charge in [-0.05, 0) is 30.0 Å². The number of aromatic nitrogens is 2. The summed E-state index contributed by atoms with van der Waals surface area (Å²) in [6, 6.07) is 2.71. The van der Waals surface area contributed by atoms with Crippen LogP contribution in [-0.2, 0) is 11.0 Å². The van der Waals surface area contributed by atoms with E-state index in [0.717, 1.165) is 31.4 Å². The molecule has 0 saturated carbocycles. The van der Waals surface area contributed by atoms with Crippen LogP contribution in [0.5, 0.6) is 0 Å². The third kappa shape index (κ3) is 7.90. The van der Waals surface area contributed by atoms with E-state index in [1.807, 2.05) is 6.92 Å². The first-order valence-electron chi connectivity index (χ1n) is 10.6. The highest BCUT2D eigenvalue weighted by Gasteiger charge is 2.30. The molecule has 32 heavy (non-hydrogen) atoms. The van der Waals surface area contributed by atoms with Gasteiger partial charge in [-0.15, -0.1) is 0 Å². The number of carbonyl (C=O) groups excluding carboxylic acids is 1. The normalized spacial score (nSPS) is 14.2. The van der Waals surface area contributed by atoms with Gasteiger partial charge in [-0.2, -0.15) is 13.2 Å². The van der Waals surface area contributed by atoms with Crippen LogP contribution < -0.4 is 16.0 Å². The Kier molecular flexibility index (Phi) is 8.80. The molecular weight excluding hydrogens is 423 g/mol. The van der Waals surface area contributed by atoms with Crippen LogP contribution in [0.2, 0.25) is 0 Å². The van der Waals surface area contributed by atoms with Crippen molar-refractivity contribution >= 4 is 22.6 Å². The van der Waals surface area contributed by atoms with Gasteiger partial charge in [0.2, 0.25) is 5.91 Å². The summed E-state index contributed by atoms with van der Waals surface area (Å²) in [6.07, 6.45) is -2.70. The molecular formula is C22H32F3N5O2. The predicted octanol–water partition coefficient (Wildman–Crippen LogP) is 3.34. The number of alkyl halides is 3. The molecule has 2 aromatic rings. The first-order valence-corrected chi connectivity index (χ1v) is 10.6. The Morgan fingerprint density at radius 3 is 2.53 bits per heavy atom. The van der Waals surface area contributed by atoms with Crippen LogP contribution in [0.25, 0.3) is 10.9 Å². The van der Waals surface area contributed by atoms with Gasteiger partial charge in [-0.3, -0.25) is 4.79 Å². The lowest BCUT2D eigenvalue weighted by Crippen LogP contribution is -2.51. The van der Waals surface area contributed by atoms with E-state index in [1.165, 1.54) is 6.07 Å². The van der Waals surface area contributed by atoms with Crippen molar-refractivity contribution < 1.29 is 23.1 Å². The second-order valence-electron chi connectivity index (χ2n) is 9.03. The maximum Gasteiger partial charge on any atom is 0.416 e. The molecule has 0 aliphatic heterocycles. The van der Waals surface area contributed by atoms with E-state index in [-0.39, 0.29) is 29.2 Å². The topological polar surface area (TPSA) is 99.2 Å². The molecule has 1 aromatic heterocycles. The molecule has 1 heterocycles. The molecule has 0 aliphatic rings. The number of nitrogens with zero attached hydrogens (tertiary/aromatic N) is 2. The highest BCUT2D eigenvalue weighted by molar-refractivity contribution is 5.91. The van der Waals surface area contributed by atoms with Crippen molar-refractivity contribution in [2.24, 2.45) is 5.41 Å². The van der Waals surface area contributed by atoms with Crippen LogP contribution in [0.15, 0.2) is 24.5 Å². The van der Waals surface area contributed by atoms with Crippen molar-refractivity contribution in [2.75, 3.05) is 25.0 Å². The van der Waals surface area contributed by atoms with E-state index in [2.05, 4.69) is 46.7 Å². The van der Waals surface area contributed by atoms with Crippen molar-refractivity contribution in [1.82, 2.24) is 20.6 Å². The number of aliphatic hydroxyl groups excluding tert-OH is 1. The maximum absolute atomic E-state index is 12.9. The van der Waals surface area contributed by atoms with Crippen molar-refractivity contribution in [1.29, 1.82) is 0 Å². The molecule has 2 rings (SSSR count). The zero-order chi connectivity index (χ0) is 23.9. The number of benzene rings is 1. The van der Waals surface area contributed by atoms with E-state index < -0.39 is 23.9 Å². The van der Waals surface area contributed by atoms with Gasteiger partial charge in [0.15, 0.2) is 0 Å². The van der Waals surface area contributed by atoms with Crippen molar-refractivity contribution in [3.63, 3.8) is 0 Å². The minimum Gasteiger partial charge on any atom is -0.391 e. The summed E-state index contributed by atoms with van der Waals surface area (Å²) >= 11 is 0. The number of anilines is 1. The first kappa shape index (κ1) is 25.8. The van der Waals surface area contributed by atoms with Crippen LogP contribution in [-0.4, -0.2) is 52.8 Å². The number of carbonyl (C=O) groups is 1. The molecule has 0 radical (unpaired) electrons. The summed E-state index contributed by atoms with van der Waals surface area (Å²) in [6.45, 7) is 9.21. The van der Waals surface area contributed by atoms with Gasteiger partial charge in [0.05, 0.1) is 29.8 Å². The van der Waals surface area contributed by atoms with Crippen LogP contribution in [0.1, 0.15) is 46.1 Å². The van der Waals surface area contributed by atoms with Gasteiger partial charge < -0.3 is 21.1 Å². The number of hydrogen-bond donors (Lipinski definition) is 4. The van der Waals surface area contributed by atoms with E-state index in [1.54, 1.807) is 0 Å². The molecule has 4 N–H and O–H groups in total. The van der Waals surface area contributed by atoms with E-state index in [4.69, 9.17) is 0 Å². The first-order chi connectivity index (χ1) is 14.9. The molecule has 10 heteroatoms. The Hall–Kier alpha value is -2.46. The summed E-state index contributed by atoms with van der Waals surface area (Å²) in [5, 5.41) is 19.8. The predicted molar refractivity (Wildman–Crippen MR) is 118 cm³/mol. The Morgan fingerprint density at radius 1 is 1.19 bits per heavy atom. The van der Waals surface area contributed by atoms with E-state index >= 15 is 0 Å². The van der Waals surface area contributed by atoms with Crippen molar-refractivity contribution in [2.45, 2.75) is 58.9 Å². The molecule has 1 aromatic carbocycles. The summed E-state index contributed by atoms with van der Waals surface area (Å²) < 4.78 is 38.8. The number of aliphatic hydroxyl groups is 1. The van der Waals surface area contributed by atoms with E-state index in [0.29, 0.717) is 18.4 Å². The van der Waals surface area contributed by atoms with Crippen molar-refractivity contribution in [3.8, 4) is 0 Å². The number of nitrogens with one attached hydrogen (secondary N) is 3. The quantitative estimate of drug-likeness (QED) is 0.439. The number of hydrogen-bond acceptors (Lipinski definition) is 6. The molecule has 2 atom stereocenters. The van der Waals surface area contributed by atoms with Crippen molar-refractivity contribution in [3.05, 3.63) is 30.1 Å². The summed E-state index contributed by atoms with van der Waals surface area (Å²) in [5.74, 6) is -0.100.